The molecule has 0 unspecified atom stereocenters. The standard InChI is InChI=1S/C14H16BrClFNO/c15-9-14(6-2-1-3-7-14)18-13(19)10-4-5-11(16)12(17)8-10/h4-5,8H,1-3,6-7,9H2,(H,18,19). The van der Waals surface area contributed by atoms with Gasteiger partial charge in [0.25, 0.3) is 5.91 Å². The molecular formula is C14H16BrClFNO. The Bertz CT molecular complexity index is 475. The van der Waals surface area contributed by atoms with Crippen molar-refractivity contribution in [2.75, 3.05) is 5.33 Å². The van der Waals surface area contributed by atoms with E-state index in [1.807, 2.05) is 0 Å². The smallest absolute Gasteiger partial charge is 0.251 e. The molecule has 0 bridgehead atoms. The van der Waals surface area contributed by atoms with Crippen LogP contribution in [-0.2, 0) is 0 Å². The first kappa shape index (κ1) is 14.8. The monoisotopic (exact) mass is 347 g/mol. The molecule has 1 aromatic rings. The van der Waals surface area contributed by atoms with E-state index < -0.39 is 5.82 Å². The van der Waals surface area contributed by atoms with Crippen molar-refractivity contribution in [3.05, 3.63) is 34.6 Å². The summed E-state index contributed by atoms with van der Waals surface area (Å²) in [6, 6.07) is 4.14. The Morgan fingerprint density at radius 1 is 1.37 bits per heavy atom. The van der Waals surface area contributed by atoms with Gasteiger partial charge in [0.1, 0.15) is 5.82 Å². The Morgan fingerprint density at radius 2 is 2.05 bits per heavy atom. The summed E-state index contributed by atoms with van der Waals surface area (Å²) in [6.07, 6.45) is 5.35. The minimum absolute atomic E-state index is 0.0319. The zero-order valence-electron chi connectivity index (χ0n) is 10.5. The fraction of sp³-hybridized carbons (Fsp3) is 0.500. The van der Waals surface area contributed by atoms with Crippen LogP contribution in [0.5, 0.6) is 0 Å². The van der Waals surface area contributed by atoms with Gasteiger partial charge in [-0.15, -0.1) is 0 Å². The Balaban J connectivity index is 2.12. The molecule has 1 aliphatic rings. The summed E-state index contributed by atoms with van der Waals surface area (Å²) in [7, 11) is 0. The quantitative estimate of drug-likeness (QED) is 0.810. The highest BCUT2D eigenvalue weighted by atomic mass is 79.9. The largest absolute Gasteiger partial charge is 0.346 e. The first-order valence-corrected chi connectivity index (χ1v) is 7.90. The Hall–Kier alpha value is -0.610. The highest BCUT2D eigenvalue weighted by Gasteiger charge is 2.32. The molecule has 0 atom stereocenters. The van der Waals surface area contributed by atoms with Crippen molar-refractivity contribution in [2.24, 2.45) is 0 Å². The molecule has 0 heterocycles. The van der Waals surface area contributed by atoms with Crippen LogP contribution in [0, 0.1) is 5.82 Å². The van der Waals surface area contributed by atoms with Gasteiger partial charge in [-0.25, -0.2) is 4.39 Å². The van der Waals surface area contributed by atoms with Crippen LogP contribution in [0.15, 0.2) is 18.2 Å². The molecule has 1 fully saturated rings. The molecule has 104 valence electrons. The second-order valence-electron chi connectivity index (χ2n) is 5.06. The normalized spacial score (nSPS) is 18.1. The van der Waals surface area contributed by atoms with E-state index in [1.165, 1.54) is 18.6 Å². The molecule has 1 amide bonds. The minimum Gasteiger partial charge on any atom is -0.346 e. The van der Waals surface area contributed by atoms with Crippen LogP contribution >= 0.6 is 27.5 Å². The van der Waals surface area contributed by atoms with Gasteiger partial charge < -0.3 is 5.32 Å². The number of carbonyl (C=O) groups is 1. The van der Waals surface area contributed by atoms with E-state index in [2.05, 4.69) is 21.2 Å². The van der Waals surface area contributed by atoms with Crippen molar-refractivity contribution < 1.29 is 9.18 Å². The lowest BCUT2D eigenvalue weighted by Crippen LogP contribution is -2.51. The van der Waals surface area contributed by atoms with Crippen molar-refractivity contribution in [3.63, 3.8) is 0 Å². The van der Waals surface area contributed by atoms with Crippen LogP contribution in [0.4, 0.5) is 4.39 Å². The topological polar surface area (TPSA) is 29.1 Å². The summed E-state index contributed by atoms with van der Waals surface area (Å²) in [6.45, 7) is 0. The Labute approximate surface area is 125 Å². The average molecular weight is 349 g/mol. The van der Waals surface area contributed by atoms with Crippen molar-refractivity contribution in [1.29, 1.82) is 0 Å². The van der Waals surface area contributed by atoms with Crippen LogP contribution in [-0.4, -0.2) is 16.8 Å². The number of nitrogens with one attached hydrogen (secondary N) is 1. The maximum atomic E-state index is 13.4. The molecule has 0 aliphatic heterocycles. The second kappa shape index (κ2) is 6.23. The predicted molar refractivity (Wildman–Crippen MR) is 78.5 cm³/mol. The summed E-state index contributed by atoms with van der Waals surface area (Å²) in [5, 5.41) is 3.81. The summed E-state index contributed by atoms with van der Waals surface area (Å²) in [5.41, 5.74) is 0.110. The van der Waals surface area contributed by atoms with Crippen LogP contribution in [0.25, 0.3) is 0 Å². The molecule has 0 saturated heterocycles. The molecule has 0 aromatic heterocycles. The maximum absolute atomic E-state index is 13.4. The van der Waals surface area contributed by atoms with Crippen LogP contribution in [0.2, 0.25) is 5.02 Å². The van der Waals surface area contributed by atoms with E-state index in [0.717, 1.165) is 31.0 Å². The third-order valence-corrected chi connectivity index (χ3v) is 5.01. The molecule has 0 spiro atoms. The van der Waals surface area contributed by atoms with Gasteiger partial charge in [0.2, 0.25) is 0 Å². The van der Waals surface area contributed by atoms with Crippen molar-refractivity contribution >= 4 is 33.4 Å². The number of amides is 1. The van der Waals surface area contributed by atoms with Crippen molar-refractivity contribution in [1.82, 2.24) is 5.32 Å². The number of halogens is 3. The van der Waals surface area contributed by atoms with E-state index in [0.29, 0.717) is 5.56 Å². The average Bonchev–Trinajstić information content (AvgIpc) is 2.43. The van der Waals surface area contributed by atoms with Crippen LogP contribution in [0.1, 0.15) is 42.5 Å². The third-order valence-electron chi connectivity index (χ3n) is 3.63. The van der Waals surface area contributed by atoms with Crippen molar-refractivity contribution in [2.45, 2.75) is 37.6 Å². The Kier molecular flexibility index (Phi) is 4.85. The van der Waals surface area contributed by atoms with Crippen LogP contribution < -0.4 is 5.32 Å². The summed E-state index contributed by atoms with van der Waals surface area (Å²) < 4.78 is 13.4. The van der Waals surface area contributed by atoms with E-state index in [-0.39, 0.29) is 16.5 Å². The molecular weight excluding hydrogens is 333 g/mol. The number of benzene rings is 1. The summed E-state index contributed by atoms with van der Waals surface area (Å²) >= 11 is 9.10. The molecule has 1 N–H and O–H groups in total. The van der Waals surface area contributed by atoms with Gasteiger partial charge in [0.05, 0.1) is 10.6 Å². The number of alkyl halides is 1. The maximum Gasteiger partial charge on any atom is 0.251 e. The number of hydrogen-bond donors (Lipinski definition) is 1. The van der Waals surface area contributed by atoms with Crippen molar-refractivity contribution in [3.8, 4) is 0 Å². The van der Waals surface area contributed by atoms with Gasteiger partial charge in [-0.2, -0.15) is 0 Å². The SMILES string of the molecule is O=C(NC1(CBr)CCCCC1)c1ccc(Cl)c(F)c1. The highest BCUT2D eigenvalue weighted by Crippen LogP contribution is 2.30. The first-order valence-electron chi connectivity index (χ1n) is 6.40. The fourth-order valence-corrected chi connectivity index (χ4v) is 3.29. The molecule has 1 aromatic carbocycles. The molecule has 1 aliphatic carbocycles. The third kappa shape index (κ3) is 3.48. The predicted octanol–water partition coefficient (Wildman–Crippen LogP) is 4.31. The van der Waals surface area contributed by atoms with Gasteiger partial charge in [-0.1, -0.05) is 46.8 Å². The second-order valence-corrected chi connectivity index (χ2v) is 6.03. The lowest BCUT2D eigenvalue weighted by molar-refractivity contribution is 0.0886. The highest BCUT2D eigenvalue weighted by molar-refractivity contribution is 9.09. The zero-order chi connectivity index (χ0) is 13.9. The molecule has 2 nitrogen and oxygen atoms in total. The molecule has 19 heavy (non-hydrogen) atoms. The minimum atomic E-state index is -0.564. The van der Waals surface area contributed by atoms with E-state index in [9.17, 15) is 9.18 Å². The number of hydrogen-bond acceptors (Lipinski definition) is 1. The van der Waals surface area contributed by atoms with Crippen LogP contribution in [0.3, 0.4) is 0 Å². The first-order chi connectivity index (χ1) is 9.06. The molecule has 5 heteroatoms. The zero-order valence-corrected chi connectivity index (χ0v) is 12.9. The molecule has 0 radical (unpaired) electrons. The lowest BCUT2D eigenvalue weighted by atomic mass is 9.83. The fourth-order valence-electron chi connectivity index (χ4n) is 2.47. The van der Waals surface area contributed by atoms with Gasteiger partial charge in [0.15, 0.2) is 0 Å². The Morgan fingerprint density at radius 3 is 2.63 bits per heavy atom. The molecule has 2 rings (SSSR count). The van der Waals surface area contributed by atoms with E-state index in [1.54, 1.807) is 6.07 Å². The van der Waals surface area contributed by atoms with Gasteiger partial charge in [0, 0.05) is 10.9 Å². The van der Waals surface area contributed by atoms with Gasteiger partial charge in [-0.3, -0.25) is 4.79 Å². The number of rotatable bonds is 3. The lowest BCUT2D eigenvalue weighted by Gasteiger charge is -2.36. The summed E-state index contributed by atoms with van der Waals surface area (Å²) in [4.78, 5) is 12.2. The molecule has 1 saturated carbocycles. The van der Waals surface area contributed by atoms with E-state index in [4.69, 9.17) is 11.6 Å². The van der Waals surface area contributed by atoms with Gasteiger partial charge >= 0.3 is 0 Å². The van der Waals surface area contributed by atoms with Gasteiger partial charge in [-0.05, 0) is 31.0 Å². The van der Waals surface area contributed by atoms with E-state index >= 15 is 0 Å². The summed E-state index contributed by atoms with van der Waals surface area (Å²) in [5.74, 6) is -0.803. The number of carbonyl (C=O) groups excluding carboxylic acids is 1.